The number of amides is 2. The molecule has 8 nitrogen and oxygen atoms in total. The first-order valence-electron chi connectivity index (χ1n) is 14.0. The molecule has 0 spiro atoms. The molecule has 0 bridgehead atoms. The van der Waals surface area contributed by atoms with Crippen LogP contribution in [0.4, 0.5) is 32.0 Å². The van der Waals surface area contributed by atoms with Crippen molar-refractivity contribution in [1.82, 2.24) is 24.6 Å². The summed E-state index contributed by atoms with van der Waals surface area (Å²) >= 11 is 0. The summed E-state index contributed by atoms with van der Waals surface area (Å²) in [7, 11) is 0. The third kappa shape index (κ3) is 5.65. The smallest absolute Gasteiger partial charge is 0.329 e. The highest BCUT2D eigenvalue weighted by molar-refractivity contribution is 6.02. The standard InChI is InChI=1S/C31H26F6N6O2/c1-17-15-41(27-23-8-5-21(31(35,36)37)13-24(23)39-28(27)44)16-18(2)42(17)29(45)25-14-26(19-9-11-38-12-10-19)43(40-25)22-6-3-20(4-7-22)30(32,33)34/h3-14,17-18,27H,15-16H2,1-2H3,(H,39,44)/t17-,18-,27?/m1/s1. The van der Waals surface area contributed by atoms with E-state index in [1.165, 1.54) is 22.9 Å². The summed E-state index contributed by atoms with van der Waals surface area (Å²) < 4.78 is 80.7. The second kappa shape index (κ2) is 11.0. The zero-order chi connectivity index (χ0) is 32.3. The predicted molar refractivity (Wildman–Crippen MR) is 151 cm³/mol. The van der Waals surface area contributed by atoms with Crippen molar-refractivity contribution in [3.8, 4) is 16.9 Å². The second-order valence-corrected chi connectivity index (χ2v) is 11.2. The van der Waals surface area contributed by atoms with Crippen LogP contribution >= 0.6 is 0 Å². The number of hydrogen-bond acceptors (Lipinski definition) is 5. The molecule has 1 unspecified atom stereocenters. The summed E-state index contributed by atoms with van der Waals surface area (Å²) in [5.41, 5.74) is 0.359. The molecule has 1 fully saturated rings. The lowest BCUT2D eigenvalue weighted by molar-refractivity contribution is -0.138. The molecular formula is C31H26F6N6O2. The maximum absolute atomic E-state index is 13.9. The third-order valence-electron chi connectivity index (χ3n) is 8.07. The number of pyridine rings is 1. The van der Waals surface area contributed by atoms with Gasteiger partial charge in [0, 0.05) is 54.4 Å². The molecule has 0 saturated carbocycles. The molecule has 1 saturated heterocycles. The largest absolute Gasteiger partial charge is 0.416 e. The number of benzene rings is 2. The highest BCUT2D eigenvalue weighted by Gasteiger charge is 2.43. The molecule has 2 amide bonds. The SMILES string of the molecule is C[C@@H]1CN(C2C(=O)Nc3cc(C(F)(F)F)ccc32)C[C@@H](C)N1C(=O)c1cc(-c2ccncc2)n(-c2ccc(C(F)(F)F)cc2)n1. The lowest BCUT2D eigenvalue weighted by Crippen LogP contribution is -2.59. The lowest BCUT2D eigenvalue weighted by Gasteiger charge is -2.45. The van der Waals surface area contributed by atoms with Crippen LogP contribution in [0.1, 0.15) is 47.1 Å². The minimum absolute atomic E-state index is 0.0671. The van der Waals surface area contributed by atoms with Crippen molar-refractivity contribution in [1.29, 1.82) is 0 Å². The quantitative estimate of drug-likeness (QED) is 0.272. The van der Waals surface area contributed by atoms with E-state index in [2.05, 4.69) is 15.4 Å². The molecule has 2 aromatic carbocycles. The van der Waals surface area contributed by atoms with Crippen molar-refractivity contribution in [3.63, 3.8) is 0 Å². The van der Waals surface area contributed by atoms with E-state index in [-0.39, 0.29) is 24.5 Å². The molecule has 3 atom stereocenters. The highest BCUT2D eigenvalue weighted by Crippen LogP contribution is 2.41. The summed E-state index contributed by atoms with van der Waals surface area (Å²) in [6.45, 7) is 4.12. The van der Waals surface area contributed by atoms with Gasteiger partial charge >= 0.3 is 12.4 Å². The lowest BCUT2D eigenvalue weighted by atomic mass is 10.00. The summed E-state index contributed by atoms with van der Waals surface area (Å²) in [5.74, 6) is -0.859. The number of nitrogens with one attached hydrogen (secondary N) is 1. The molecule has 45 heavy (non-hydrogen) atoms. The van der Waals surface area contributed by atoms with E-state index in [1.807, 2.05) is 4.90 Å². The van der Waals surface area contributed by atoms with Gasteiger partial charge in [-0.2, -0.15) is 31.4 Å². The number of carbonyl (C=O) groups is 2. The Morgan fingerprint density at radius 3 is 2.04 bits per heavy atom. The summed E-state index contributed by atoms with van der Waals surface area (Å²) in [6.07, 6.45) is -5.97. The highest BCUT2D eigenvalue weighted by atomic mass is 19.4. The van der Waals surface area contributed by atoms with Gasteiger partial charge in [0.05, 0.1) is 22.5 Å². The van der Waals surface area contributed by atoms with Crippen LogP contribution < -0.4 is 5.32 Å². The molecule has 0 aliphatic carbocycles. The molecule has 14 heteroatoms. The molecule has 4 aromatic rings. The Kier molecular flexibility index (Phi) is 7.42. The van der Waals surface area contributed by atoms with Crippen molar-refractivity contribution < 1.29 is 35.9 Å². The van der Waals surface area contributed by atoms with Gasteiger partial charge in [0.15, 0.2) is 5.69 Å². The van der Waals surface area contributed by atoms with Crippen molar-refractivity contribution in [3.05, 3.63) is 95.4 Å². The average Bonchev–Trinajstić information content (AvgIpc) is 3.57. The van der Waals surface area contributed by atoms with Crippen LogP contribution in [0.15, 0.2) is 73.1 Å². The fourth-order valence-electron chi connectivity index (χ4n) is 6.09. The first-order chi connectivity index (χ1) is 21.2. The Morgan fingerprint density at radius 1 is 0.844 bits per heavy atom. The molecule has 6 rings (SSSR count). The van der Waals surface area contributed by atoms with Gasteiger partial charge in [0.1, 0.15) is 6.04 Å². The first-order valence-corrected chi connectivity index (χ1v) is 14.0. The van der Waals surface area contributed by atoms with E-state index in [4.69, 9.17) is 0 Å². The molecule has 4 heterocycles. The van der Waals surface area contributed by atoms with Crippen LogP contribution in [0.3, 0.4) is 0 Å². The number of hydrogen-bond donors (Lipinski definition) is 1. The first kappa shape index (κ1) is 30.3. The molecular weight excluding hydrogens is 602 g/mol. The van der Waals surface area contributed by atoms with E-state index in [1.54, 1.807) is 49.3 Å². The molecule has 1 N–H and O–H groups in total. The van der Waals surface area contributed by atoms with E-state index in [0.717, 1.165) is 24.3 Å². The normalized spacial score (nSPS) is 20.7. The number of nitrogens with zero attached hydrogens (tertiary/aromatic N) is 5. The van der Waals surface area contributed by atoms with Gasteiger partial charge in [-0.3, -0.25) is 19.5 Å². The fourth-order valence-corrected chi connectivity index (χ4v) is 6.09. The average molecular weight is 629 g/mol. The Balaban J connectivity index is 1.28. The number of rotatable bonds is 4. The van der Waals surface area contributed by atoms with Gasteiger partial charge in [-0.15, -0.1) is 0 Å². The summed E-state index contributed by atoms with van der Waals surface area (Å²) in [4.78, 5) is 34.4. The van der Waals surface area contributed by atoms with E-state index in [9.17, 15) is 35.9 Å². The van der Waals surface area contributed by atoms with E-state index in [0.29, 0.717) is 22.5 Å². The van der Waals surface area contributed by atoms with Crippen LogP contribution in [0, 0.1) is 0 Å². The number of fused-ring (bicyclic) bond motifs is 1. The van der Waals surface area contributed by atoms with E-state index >= 15 is 0 Å². The molecule has 0 radical (unpaired) electrons. The Bertz CT molecular complexity index is 1740. The van der Waals surface area contributed by atoms with Crippen LogP contribution in [0.25, 0.3) is 16.9 Å². The number of halogens is 6. The van der Waals surface area contributed by atoms with Gasteiger partial charge in [0.25, 0.3) is 5.91 Å². The van der Waals surface area contributed by atoms with E-state index < -0.39 is 53.4 Å². The van der Waals surface area contributed by atoms with Gasteiger partial charge in [-0.05, 0) is 68.4 Å². The summed E-state index contributed by atoms with van der Waals surface area (Å²) in [6, 6.07) is 10.9. The zero-order valence-corrected chi connectivity index (χ0v) is 23.9. The minimum atomic E-state index is -4.55. The topological polar surface area (TPSA) is 83.4 Å². The van der Waals surface area contributed by atoms with Crippen LogP contribution in [0.5, 0.6) is 0 Å². The van der Waals surface area contributed by atoms with Gasteiger partial charge in [-0.1, -0.05) is 6.07 Å². The second-order valence-electron chi connectivity index (χ2n) is 11.2. The predicted octanol–water partition coefficient (Wildman–Crippen LogP) is 6.20. The number of alkyl halides is 6. The number of anilines is 1. The minimum Gasteiger partial charge on any atom is -0.329 e. The van der Waals surface area contributed by atoms with Crippen LogP contribution in [-0.4, -0.2) is 61.6 Å². The van der Waals surface area contributed by atoms with Gasteiger partial charge in [0.2, 0.25) is 5.91 Å². The molecule has 234 valence electrons. The van der Waals surface area contributed by atoms with Gasteiger partial charge < -0.3 is 10.2 Å². The van der Waals surface area contributed by atoms with Crippen molar-refractivity contribution >= 4 is 17.5 Å². The van der Waals surface area contributed by atoms with Crippen molar-refractivity contribution in [2.75, 3.05) is 18.4 Å². The zero-order valence-electron chi connectivity index (χ0n) is 23.9. The fraction of sp³-hybridized carbons (Fsp3) is 0.290. The monoisotopic (exact) mass is 628 g/mol. The summed E-state index contributed by atoms with van der Waals surface area (Å²) in [5, 5.41) is 7.07. The van der Waals surface area contributed by atoms with Crippen LogP contribution in [-0.2, 0) is 17.1 Å². The maximum Gasteiger partial charge on any atom is 0.416 e. The Hall–Kier alpha value is -4.72. The van der Waals surface area contributed by atoms with Crippen molar-refractivity contribution in [2.24, 2.45) is 0 Å². The molecule has 2 aliphatic rings. The Morgan fingerprint density at radius 2 is 1.44 bits per heavy atom. The molecule has 2 aliphatic heterocycles. The van der Waals surface area contributed by atoms with Crippen LogP contribution in [0.2, 0.25) is 0 Å². The maximum atomic E-state index is 13.9. The number of aromatic nitrogens is 3. The number of piperazine rings is 1. The molecule has 2 aromatic heterocycles. The van der Waals surface area contributed by atoms with Crippen molar-refractivity contribution in [2.45, 2.75) is 44.3 Å². The third-order valence-corrected chi connectivity index (χ3v) is 8.07. The number of carbonyl (C=O) groups excluding carboxylic acids is 2. The Labute approximate surface area is 253 Å². The van der Waals surface area contributed by atoms with Gasteiger partial charge in [-0.25, -0.2) is 4.68 Å².